The number of anilines is 1. The van der Waals surface area contributed by atoms with Crippen molar-refractivity contribution in [3.8, 4) is 11.8 Å². The molecule has 0 radical (unpaired) electrons. The van der Waals surface area contributed by atoms with Gasteiger partial charge in [-0.15, -0.1) is 0 Å². The molecule has 0 aliphatic rings. The van der Waals surface area contributed by atoms with E-state index in [0.717, 1.165) is 18.4 Å². The Morgan fingerprint density at radius 1 is 1.33 bits per heavy atom. The molecule has 21 heavy (non-hydrogen) atoms. The minimum Gasteiger partial charge on any atom is -0.430 e. The Morgan fingerprint density at radius 2 is 2.14 bits per heavy atom. The van der Waals surface area contributed by atoms with Gasteiger partial charge in [-0.1, -0.05) is 11.8 Å². The van der Waals surface area contributed by atoms with E-state index in [0.29, 0.717) is 5.56 Å². The van der Waals surface area contributed by atoms with Crippen LogP contribution in [0.3, 0.4) is 0 Å². The Morgan fingerprint density at radius 3 is 2.76 bits per heavy atom. The first-order chi connectivity index (χ1) is 10.1. The maximum Gasteiger partial charge on any atom is 0.335 e. The standard InChI is InChI=1S/C15H10FNO4/c16-12-8-10(2-1-7-18)3-5-13(12)17-15(20)11-4-6-14(19)21-9-11/h3-6,8-9,18H,7H2,(H,17,20). The topological polar surface area (TPSA) is 79.5 Å². The van der Waals surface area contributed by atoms with Crippen molar-refractivity contribution in [2.45, 2.75) is 0 Å². The molecule has 6 heteroatoms. The zero-order valence-electron chi connectivity index (χ0n) is 10.7. The van der Waals surface area contributed by atoms with Gasteiger partial charge < -0.3 is 14.8 Å². The largest absolute Gasteiger partial charge is 0.430 e. The second-order valence-corrected chi connectivity index (χ2v) is 3.95. The van der Waals surface area contributed by atoms with Crippen LogP contribution >= 0.6 is 0 Å². The van der Waals surface area contributed by atoms with Gasteiger partial charge in [-0.05, 0) is 24.3 Å². The minimum atomic E-state index is -0.662. The zero-order valence-corrected chi connectivity index (χ0v) is 10.7. The van der Waals surface area contributed by atoms with E-state index < -0.39 is 17.3 Å². The van der Waals surface area contributed by atoms with Gasteiger partial charge in [-0.2, -0.15) is 0 Å². The molecule has 0 bridgehead atoms. The average Bonchev–Trinajstić information content (AvgIpc) is 2.48. The van der Waals surface area contributed by atoms with Crippen LogP contribution in [-0.2, 0) is 0 Å². The van der Waals surface area contributed by atoms with Crippen molar-refractivity contribution in [3.63, 3.8) is 0 Å². The molecule has 1 aromatic carbocycles. The molecule has 1 amide bonds. The van der Waals surface area contributed by atoms with E-state index in [1.54, 1.807) is 0 Å². The molecule has 0 fully saturated rings. The number of aliphatic hydroxyl groups is 1. The number of amides is 1. The van der Waals surface area contributed by atoms with Crippen LogP contribution in [0.1, 0.15) is 15.9 Å². The minimum absolute atomic E-state index is 0.0271. The molecular weight excluding hydrogens is 277 g/mol. The van der Waals surface area contributed by atoms with Crippen LogP contribution in [0.2, 0.25) is 0 Å². The van der Waals surface area contributed by atoms with Gasteiger partial charge in [-0.3, -0.25) is 4.79 Å². The molecule has 106 valence electrons. The molecule has 0 spiro atoms. The fourth-order valence-corrected chi connectivity index (χ4v) is 1.52. The summed E-state index contributed by atoms with van der Waals surface area (Å²) in [6.07, 6.45) is 0.997. The number of carbonyl (C=O) groups is 1. The average molecular weight is 287 g/mol. The Bertz CT molecular complexity index is 766. The lowest BCUT2D eigenvalue weighted by Gasteiger charge is -2.06. The predicted molar refractivity (Wildman–Crippen MR) is 73.3 cm³/mol. The zero-order chi connectivity index (χ0) is 15.2. The predicted octanol–water partition coefficient (Wildman–Crippen LogP) is 1.38. The molecule has 0 atom stereocenters. The maximum atomic E-state index is 13.8. The maximum absolute atomic E-state index is 13.8. The quantitative estimate of drug-likeness (QED) is 0.818. The molecule has 5 nitrogen and oxygen atoms in total. The van der Waals surface area contributed by atoms with Gasteiger partial charge in [-0.25, -0.2) is 9.18 Å². The fraction of sp³-hybridized carbons (Fsp3) is 0.0667. The molecular formula is C15H10FNO4. The van der Waals surface area contributed by atoms with Crippen LogP contribution in [0.4, 0.5) is 10.1 Å². The van der Waals surface area contributed by atoms with Crippen LogP contribution in [0.25, 0.3) is 0 Å². The number of rotatable bonds is 2. The number of aliphatic hydroxyl groups excluding tert-OH is 1. The highest BCUT2D eigenvalue weighted by Crippen LogP contribution is 2.16. The van der Waals surface area contributed by atoms with E-state index in [1.165, 1.54) is 18.2 Å². The lowest BCUT2D eigenvalue weighted by Crippen LogP contribution is -2.14. The molecule has 1 heterocycles. The molecule has 1 aromatic heterocycles. The summed E-state index contributed by atoms with van der Waals surface area (Å²) in [6, 6.07) is 6.38. The fourth-order valence-electron chi connectivity index (χ4n) is 1.52. The van der Waals surface area contributed by atoms with E-state index >= 15 is 0 Å². The Labute approximate surface area is 119 Å². The normalized spacial score (nSPS) is 9.62. The number of hydrogen-bond acceptors (Lipinski definition) is 4. The Hall–Kier alpha value is -2.91. The first-order valence-electron chi connectivity index (χ1n) is 5.89. The molecule has 0 saturated carbocycles. The first-order valence-corrected chi connectivity index (χ1v) is 5.89. The third-order valence-corrected chi connectivity index (χ3v) is 2.49. The van der Waals surface area contributed by atoms with Crippen LogP contribution in [-0.4, -0.2) is 17.6 Å². The van der Waals surface area contributed by atoms with Crippen molar-refractivity contribution in [2.75, 3.05) is 11.9 Å². The van der Waals surface area contributed by atoms with E-state index in [4.69, 9.17) is 5.11 Å². The van der Waals surface area contributed by atoms with Crippen molar-refractivity contribution < 1.29 is 18.7 Å². The van der Waals surface area contributed by atoms with Crippen LogP contribution in [0, 0.1) is 17.7 Å². The summed E-state index contributed by atoms with van der Waals surface area (Å²) in [4.78, 5) is 22.6. The van der Waals surface area contributed by atoms with Gasteiger partial charge in [0.25, 0.3) is 5.91 Å². The van der Waals surface area contributed by atoms with Crippen LogP contribution < -0.4 is 10.9 Å². The van der Waals surface area contributed by atoms with Crippen molar-refractivity contribution >= 4 is 11.6 Å². The highest BCUT2D eigenvalue weighted by atomic mass is 19.1. The third kappa shape index (κ3) is 3.78. The van der Waals surface area contributed by atoms with Gasteiger partial charge in [0.05, 0.1) is 11.3 Å². The smallest absolute Gasteiger partial charge is 0.335 e. The molecule has 0 aliphatic carbocycles. The SMILES string of the molecule is O=C(Nc1ccc(C#CCO)cc1F)c1ccc(=O)oc1. The summed E-state index contributed by atoms with van der Waals surface area (Å²) < 4.78 is 18.4. The summed E-state index contributed by atoms with van der Waals surface area (Å²) >= 11 is 0. The number of nitrogens with one attached hydrogen (secondary N) is 1. The van der Waals surface area contributed by atoms with E-state index in [-0.39, 0.29) is 17.9 Å². The number of hydrogen-bond donors (Lipinski definition) is 2. The van der Waals surface area contributed by atoms with Gasteiger partial charge in [0.2, 0.25) is 0 Å². The van der Waals surface area contributed by atoms with Crippen molar-refractivity contribution in [3.05, 3.63) is 64.0 Å². The summed E-state index contributed by atoms with van der Waals surface area (Å²) in [7, 11) is 0. The summed E-state index contributed by atoms with van der Waals surface area (Å²) in [5.41, 5.74) is -0.131. The van der Waals surface area contributed by atoms with E-state index in [1.807, 2.05) is 0 Å². The summed E-state index contributed by atoms with van der Waals surface area (Å²) in [5.74, 6) is 3.68. The molecule has 2 rings (SSSR count). The number of halogens is 1. The summed E-state index contributed by atoms with van der Waals surface area (Å²) in [5, 5.41) is 10.9. The van der Waals surface area contributed by atoms with Gasteiger partial charge >= 0.3 is 5.63 Å². The molecule has 0 unspecified atom stereocenters. The lowest BCUT2D eigenvalue weighted by molar-refractivity contribution is 0.102. The lowest BCUT2D eigenvalue weighted by atomic mass is 10.2. The van der Waals surface area contributed by atoms with Gasteiger partial charge in [0.1, 0.15) is 18.7 Å². The molecule has 2 aromatic rings. The summed E-state index contributed by atoms with van der Waals surface area (Å²) in [6.45, 7) is -0.320. The molecule has 0 saturated heterocycles. The molecule has 0 aliphatic heterocycles. The van der Waals surface area contributed by atoms with Crippen molar-refractivity contribution in [1.82, 2.24) is 0 Å². The van der Waals surface area contributed by atoms with Gasteiger partial charge in [0, 0.05) is 11.6 Å². The second-order valence-electron chi connectivity index (χ2n) is 3.95. The Kier molecular flexibility index (Phi) is 4.49. The van der Waals surface area contributed by atoms with E-state index in [2.05, 4.69) is 21.6 Å². The van der Waals surface area contributed by atoms with Crippen molar-refractivity contribution in [2.24, 2.45) is 0 Å². The highest BCUT2D eigenvalue weighted by molar-refractivity contribution is 6.04. The van der Waals surface area contributed by atoms with E-state index in [9.17, 15) is 14.0 Å². The second kappa shape index (κ2) is 6.50. The molecule has 2 N–H and O–H groups in total. The third-order valence-electron chi connectivity index (χ3n) is 2.49. The first kappa shape index (κ1) is 14.5. The number of benzene rings is 1. The van der Waals surface area contributed by atoms with Crippen molar-refractivity contribution in [1.29, 1.82) is 0 Å². The monoisotopic (exact) mass is 287 g/mol. The van der Waals surface area contributed by atoms with Crippen LogP contribution in [0.15, 0.2) is 45.8 Å². The van der Waals surface area contributed by atoms with Gasteiger partial charge in [0.15, 0.2) is 0 Å². The Balaban J connectivity index is 2.17. The van der Waals surface area contributed by atoms with Crippen LogP contribution in [0.5, 0.6) is 0 Å². The highest BCUT2D eigenvalue weighted by Gasteiger charge is 2.10. The number of carbonyl (C=O) groups excluding carboxylic acids is 1.